The Morgan fingerprint density at radius 3 is 2.94 bits per heavy atom. The first-order valence-corrected chi connectivity index (χ1v) is 7.72. The van der Waals surface area contributed by atoms with Gasteiger partial charge in [-0.2, -0.15) is 11.3 Å². The Morgan fingerprint density at radius 1 is 1.53 bits per heavy atom. The molecule has 1 aromatic rings. The second kappa shape index (κ2) is 6.53. The molecule has 17 heavy (non-hydrogen) atoms. The smallest absolute Gasteiger partial charge is 0.0244 e. The molecule has 3 heteroatoms. The van der Waals surface area contributed by atoms with Gasteiger partial charge in [-0.15, -0.1) is 0 Å². The van der Waals surface area contributed by atoms with Crippen LogP contribution in [0.25, 0.3) is 0 Å². The molecule has 1 heterocycles. The zero-order valence-electron chi connectivity index (χ0n) is 11.0. The fraction of sp³-hybridized carbons (Fsp3) is 0.714. The minimum atomic E-state index is 0.642. The first kappa shape index (κ1) is 13.1. The molecule has 0 aromatic carbocycles. The highest BCUT2D eigenvalue weighted by Gasteiger charge is 2.28. The Morgan fingerprint density at radius 2 is 2.35 bits per heavy atom. The lowest BCUT2D eigenvalue weighted by molar-refractivity contribution is 0.241. The van der Waals surface area contributed by atoms with Crippen LogP contribution < -0.4 is 5.32 Å². The average Bonchev–Trinajstić information content (AvgIpc) is 3.03. The molecule has 1 unspecified atom stereocenters. The van der Waals surface area contributed by atoms with E-state index in [0.29, 0.717) is 6.04 Å². The molecule has 2 nitrogen and oxygen atoms in total. The first-order valence-electron chi connectivity index (χ1n) is 6.78. The molecule has 0 spiro atoms. The fourth-order valence-corrected chi connectivity index (χ4v) is 2.92. The second-order valence-electron chi connectivity index (χ2n) is 5.08. The lowest BCUT2D eigenvalue weighted by Crippen LogP contribution is -2.33. The van der Waals surface area contributed by atoms with E-state index in [1.807, 2.05) is 11.3 Å². The summed E-state index contributed by atoms with van der Waals surface area (Å²) in [7, 11) is 0. The molecular weight excluding hydrogens is 228 g/mol. The third-order valence-electron chi connectivity index (χ3n) is 3.43. The summed E-state index contributed by atoms with van der Waals surface area (Å²) in [5.74, 6) is 0. The summed E-state index contributed by atoms with van der Waals surface area (Å²) in [5, 5.41) is 7.96. The van der Waals surface area contributed by atoms with Crippen LogP contribution in [0.2, 0.25) is 0 Å². The van der Waals surface area contributed by atoms with Crippen LogP contribution in [0.4, 0.5) is 0 Å². The van der Waals surface area contributed by atoms with Crippen molar-refractivity contribution in [2.45, 2.75) is 51.7 Å². The van der Waals surface area contributed by atoms with Gasteiger partial charge in [0.05, 0.1) is 0 Å². The molecular formula is C14H24N2S. The van der Waals surface area contributed by atoms with Crippen molar-refractivity contribution >= 4 is 11.3 Å². The van der Waals surface area contributed by atoms with E-state index < -0.39 is 0 Å². The maximum absolute atomic E-state index is 3.49. The molecule has 2 rings (SSSR count). The molecule has 0 aliphatic heterocycles. The fourth-order valence-electron chi connectivity index (χ4n) is 2.26. The van der Waals surface area contributed by atoms with E-state index in [2.05, 4.69) is 40.9 Å². The zero-order chi connectivity index (χ0) is 12.1. The van der Waals surface area contributed by atoms with Gasteiger partial charge in [0.1, 0.15) is 0 Å². The van der Waals surface area contributed by atoms with E-state index in [0.717, 1.165) is 19.1 Å². The second-order valence-corrected chi connectivity index (χ2v) is 5.86. The average molecular weight is 252 g/mol. The number of hydrogen-bond donors (Lipinski definition) is 1. The van der Waals surface area contributed by atoms with Crippen LogP contribution in [-0.4, -0.2) is 30.1 Å². The summed E-state index contributed by atoms with van der Waals surface area (Å²) in [4.78, 5) is 2.66. The van der Waals surface area contributed by atoms with Crippen molar-refractivity contribution in [2.75, 3.05) is 13.1 Å². The molecule has 1 fully saturated rings. The number of nitrogens with one attached hydrogen (secondary N) is 1. The van der Waals surface area contributed by atoms with Crippen molar-refractivity contribution in [1.82, 2.24) is 10.2 Å². The highest BCUT2D eigenvalue weighted by molar-refractivity contribution is 7.07. The monoisotopic (exact) mass is 252 g/mol. The van der Waals surface area contributed by atoms with Gasteiger partial charge in [-0.1, -0.05) is 6.92 Å². The summed E-state index contributed by atoms with van der Waals surface area (Å²) in [6.07, 6.45) is 4.06. The van der Waals surface area contributed by atoms with Crippen LogP contribution in [0, 0.1) is 0 Å². The number of thiophene rings is 1. The Labute approximate surface area is 109 Å². The minimum absolute atomic E-state index is 0.642. The summed E-state index contributed by atoms with van der Waals surface area (Å²) < 4.78 is 0. The van der Waals surface area contributed by atoms with E-state index in [1.54, 1.807) is 0 Å². The van der Waals surface area contributed by atoms with Crippen molar-refractivity contribution in [2.24, 2.45) is 0 Å². The lowest BCUT2D eigenvalue weighted by atomic mass is 10.2. The summed E-state index contributed by atoms with van der Waals surface area (Å²) in [6.45, 7) is 7.93. The summed E-state index contributed by atoms with van der Waals surface area (Å²) >= 11 is 1.81. The summed E-state index contributed by atoms with van der Waals surface area (Å²) in [6, 6.07) is 3.76. The van der Waals surface area contributed by atoms with E-state index in [1.165, 1.54) is 31.4 Å². The van der Waals surface area contributed by atoms with Gasteiger partial charge in [-0.25, -0.2) is 0 Å². The minimum Gasteiger partial charge on any atom is -0.314 e. The Hall–Kier alpha value is -0.380. The van der Waals surface area contributed by atoms with E-state index in [4.69, 9.17) is 0 Å². The molecule has 1 N–H and O–H groups in total. The molecule has 1 aliphatic rings. The van der Waals surface area contributed by atoms with Crippen LogP contribution in [-0.2, 0) is 6.54 Å². The van der Waals surface area contributed by atoms with Gasteiger partial charge >= 0.3 is 0 Å². The standard InChI is InChI=1S/C14H24N2S/c1-3-15-12(2)6-8-16(14-4-5-14)10-13-7-9-17-11-13/h7,9,11-12,14-15H,3-6,8,10H2,1-2H3. The largest absolute Gasteiger partial charge is 0.314 e. The zero-order valence-corrected chi connectivity index (χ0v) is 11.8. The highest BCUT2D eigenvalue weighted by Crippen LogP contribution is 2.28. The molecule has 0 amide bonds. The van der Waals surface area contributed by atoms with Gasteiger partial charge in [0.2, 0.25) is 0 Å². The van der Waals surface area contributed by atoms with Crippen molar-refractivity contribution in [3.63, 3.8) is 0 Å². The Bertz CT molecular complexity index is 306. The van der Waals surface area contributed by atoms with Gasteiger partial charge < -0.3 is 5.32 Å². The van der Waals surface area contributed by atoms with Crippen LogP contribution >= 0.6 is 11.3 Å². The van der Waals surface area contributed by atoms with Crippen LogP contribution in [0.15, 0.2) is 16.8 Å². The quantitative estimate of drug-likeness (QED) is 0.765. The van der Waals surface area contributed by atoms with Crippen LogP contribution in [0.5, 0.6) is 0 Å². The van der Waals surface area contributed by atoms with Gasteiger partial charge in [-0.05, 0) is 55.1 Å². The van der Waals surface area contributed by atoms with Crippen molar-refractivity contribution < 1.29 is 0 Å². The molecule has 1 aliphatic carbocycles. The topological polar surface area (TPSA) is 15.3 Å². The number of hydrogen-bond acceptors (Lipinski definition) is 3. The van der Waals surface area contributed by atoms with E-state index in [9.17, 15) is 0 Å². The highest BCUT2D eigenvalue weighted by atomic mass is 32.1. The first-order chi connectivity index (χ1) is 8.29. The van der Waals surface area contributed by atoms with Crippen molar-refractivity contribution in [1.29, 1.82) is 0 Å². The van der Waals surface area contributed by atoms with Gasteiger partial charge in [0.25, 0.3) is 0 Å². The van der Waals surface area contributed by atoms with E-state index in [-0.39, 0.29) is 0 Å². The molecule has 1 atom stereocenters. The number of rotatable bonds is 8. The van der Waals surface area contributed by atoms with Gasteiger partial charge in [0, 0.05) is 25.2 Å². The van der Waals surface area contributed by atoms with Crippen LogP contribution in [0.3, 0.4) is 0 Å². The lowest BCUT2D eigenvalue weighted by Gasteiger charge is -2.23. The van der Waals surface area contributed by atoms with Crippen molar-refractivity contribution in [3.05, 3.63) is 22.4 Å². The predicted molar refractivity (Wildman–Crippen MR) is 75.5 cm³/mol. The third-order valence-corrected chi connectivity index (χ3v) is 4.16. The molecule has 96 valence electrons. The van der Waals surface area contributed by atoms with Crippen molar-refractivity contribution in [3.8, 4) is 0 Å². The van der Waals surface area contributed by atoms with Gasteiger partial charge in [0.15, 0.2) is 0 Å². The van der Waals surface area contributed by atoms with E-state index >= 15 is 0 Å². The predicted octanol–water partition coefficient (Wildman–Crippen LogP) is 3.10. The molecule has 1 aromatic heterocycles. The third kappa shape index (κ3) is 4.41. The normalized spacial score (nSPS) is 17.6. The maximum Gasteiger partial charge on any atom is 0.0244 e. The van der Waals surface area contributed by atoms with Gasteiger partial charge in [-0.3, -0.25) is 4.90 Å². The molecule has 0 bridgehead atoms. The molecule has 0 saturated heterocycles. The molecule has 0 radical (unpaired) electrons. The number of nitrogens with zero attached hydrogens (tertiary/aromatic N) is 1. The summed E-state index contributed by atoms with van der Waals surface area (Å²) in [5.41, 5.74) is 1.48. The Kier molecular flexibility index (Phi) is 5.01. The maximum atomic E-state index is 3.49. The Balaban J connectivity index is 1.77. The van der Waals surface area contributed by atoms with Crippen LogP contribution in [0.1, 0.15) is 38.7 Å². The molecule has 1 saturated carbocycles. The SMILES string of the molecule is CCNC(C)CCN(Cc1ccsc1)C1CC1.